The Labute approximate surface area is 122 Å². The van der Waals surface area contributed by atoms with Crippen LogP contribution in [0.3, 0.4) is 0 Å². The van der Waals surface area contributed by atoms with Gasteiger partial charge in [-0.15, -0.1) is 0 Å². The zero-order chi connectivity index (χ0) is 15.2. The van der Waals surface area contributed by atoms with Gasteiger partial charge in [0.1, 0.15) is 0 Å². The molecular formula is C15H19FN2O3. The molecule has 1 heterocycles. The molecule has 0 aliphatic heterocycles. The maximum atomic E-state index is 13.6. The van der Waals surface area contributed by atoms with Crippen molar-refractivity contribution in [3.8, 4) is 0 Å². The fourth-order valence-electron chi connectivity index (χ4n) is 2.72. The molecule has 1 aliphatic carbocycles. The average Bonchev–Trinajstić information content (AvgIpc) is 2.72. The van der Waals surface area contributed by atoms with Gasteiger partial charge >= 0.3 is 5.97 Å². The van der Waals surface area contributed by atoms with Crippen LogP contribution < -0.4 is 5.32 Å². The predicted molar refractivity (Wildman–Crippen MR) is 74.0 cm³/mol. The van der Waals surface area contributed by atoms with Crippen molar-refractivity contribution in [3.63, 3.8) is 0 Å². The Kier molecular flexibility index (Phi) is 5.25. The summed E-state index contributed by atoms with van der Waals surface area (Å²) in [6.07, 6.45) is 6.60. The zero-order valence-electron chi connectivity index (χ0n) is 12.0. The number of aromatic nitrogens is 1. The lowest BCUT2D eigenvalue weighted by atomic mass is 9.94. The van der Waals surface area contributed by atoms with Gasteiger partial charge in [0.15, 0.2) is 5.82 Å². The molecule has 0 aromatic carbocycles. The second-order valence-electron chi connectivity index (χ2n) is 5.20. The SMILES string of the molecule is COC(=O)C1CCCCCC1NC(=O)c1ccncc1F. The van der Waals surface area contributed by atoms with E-state index in [1.54, 1.807) is 0 Å². The number of nitrogens with one attached hydrogen (secondary N) is 1. The van der Waals surface area contributed by atoms with E-state index in [9.17, 15) is 14.0 Å². The monoisotopic (exact) mass is 294 g/mol. The average molecular weight is 294 g/mol. The van der Waals surface area contributed by atoms with Gasteiger partial charge in [0.25, 0.3) is 5.91 Å². The molecule has 1 aromatic heterocycles. The maximum absolute atomic E-state index is 13.6. The summed E-state index contributed by atoms with van der Waals surface area (Å²) in [7, 11) is 1.34. The van der Waals surface area contributed by atoms with Crippen LogP contribution in [0, 0.1) is 11.7 Å². The second-order valence-corrected chi connectivity index (χ2v) is 5.20. The summed E-state index contributed by atoms with van der Waals surface area (Å²) in [4.78, 5) is 27.6. The van der Waals surface area contributed by atoms with Crippen molar-refractivity contribution in [2.75, 3.05) is 7.11 Å². The highest BCUT2D eigenvalue weighted by atomic mass is 19.1. The van der Waals surface area contributed by atoms with E-state index in [1.807, 2.05) is 0 Å². The molecule has 1 N–H and O–H groups in total. The van der Waals surface area contributed by atoms with Gasteiger partial charge in [-0.05, 0) is 18.9 Å². The molecule has 1 aromatic rings. The van der Waals surface area contributed by atoms with E-state index in [2.05, 4.69) is 10.3 Å². The lowest BCUT2D eigenvalue weighted by Crippen LogP contribution is -2.43. The van der Waals surface area contributed by atoms with Crippen LogP contribution in [0.5, 0.6) is 0 Å². The lowest BCUT2D eigenvalue weighted by Gasteiger charge is -2.24. The number of hydrogen-bond donors (Lipinski definition) is 1. The van der Waals surface area contributed by atoms with Crippen LogP contribution in [0.15, 0.2) is 18.5 Å². The molecular weight excluding hydrogens is 275 g/mol. The maximum Gasteiger partial charge on any atom is 0.310 e. The third kappa shape index (κ3) is 3.77. The summed E-state index contributed by atoms with van der Waals surface area (Å²) in [5.41, 5.74) is -0.0575. The van der Waals surface area contributed by atoms with Crippen molar-refractivity contribution in [3.05, 3.63) is 29.8 Å². The van der Waals surface area contributed by atoms with Crippen LogP contribution in [0.4, 0.5) is 4.39 Å². The third-order valence-electron chi connectivity index (χ3n) is 3.85. The number of nitrogens with zero attached hydrogens (tertiary/aromatic N) is 1. The number of halogens is 1. The van der Waals surface area contributed by atoms with Gasteiger partial charge in [0.2, 0.25) is 0 Å². The topological polar surface area (TPSA) is 68.3 Å². The summed E-state index contributed by atoms with van der Waals surface area (Å²) >= 11 is 0. The van der Waals surface area contributed by atoms with Crippen molar-refractivity contribution in [1.82, 2.24) is 10.3 Å². The van der Waals surface area contributed by atoms with Crippen LogP contribution in [0.1, 0.15) is 42.5 Å². The number of esters is 1. The van der Waals surface area contributed by atoms with Crippen LogP contribution in [0.25, 0.3) is 0 Å². The molecule has 0 radical (unpaired) electrons. The van der Waals surface area contributed by atoms with E-state index in [0.29, 0.717) is 12.8 Å². The minimum Gasteiger partial charge on any atom is -0.469 e. The number of amides is 1. The van der Waals surface area contributed by atoms with Crippen LogP contribution in [-0.4, -0.2) is 30.0 Å². The lowest BCUT2D eigenvalue weighted by molar-refractivity contribution is -0.146. The molecule has 1 fully saturated rings. The van der Waals surface area contributed by atoms with E-state index in [4.69, 9.17) is 4.74 Å². The summed E-state index contributed by atoms with van der Waals surface area (Å²) in [5.74, 6) is -1.88. The van der Waals surface area contributed by atoms with E-state index in [0.717, 1.165) is 25.5 Å². The Morgan fingerprint density at radius 3 is 2.81 bits per heavy atom. The minimum absolute atomic E-state index is 0.0575. The molecule has 0 spiro atoms. The molecule has 2 unspecified atom stereocenters. The van der Waals surface area contributed by atoms with Crippen molar-refractivity contribution in [2.45, 2.75) is 38.1 Å². The quantitative estimate of drug-likeness (QED) is 0.684. The highest BCUT2D eigenvalue weighted by Crippen LogP contribution is 2.25. The Balaban J connectivity index is 2.12. The third-order valence-corrected chi connectivity index (χ3v) is 3.85. The standard InChI is InChI=1S/C15H19FN2O3/c1-21-15(20)11-5-3-2-4-6-13(11)18-14(19)10-7-8-17-9-12(10)16/h7-9,11,13H,2-6H2,1H3,(H,18,19). The highest BCUT2D eigenvalue weighted by molar-refractivity contribution is 5.94. The molecule has 1 aliphatic rings. The summed E-state index contributed by atoms with van der Waals surface area (Å²) in [6, 6.07) is 1.01. The largest absolute Gasteiger partial charge is 0.469 e. The number of methoxy groups -OCH3 is 1. The van der Waals surface area contributed by atoms with Gasteiger partial charge in [0.05, 0.1) is 24.8 Å². The number of hydrogen-bond acceptors (Lipinski definition) is 4. The molecule has 0 bridgehead atoms. The summed E-state index contributed by atoms with van der Waals surface area (Å²) in [6.45, 7) is 0. The summed E-state index contributed by atoms with van der Waals surface area (Å²) in [5, 5.41) is 2.77. The van der Waals surface area contributed by atoms with Gasteiger partial charge in [0, 0.05) is 12.2 Å². The smallest absolute Gasteiger partial charge is 0.310 e. The number of pyridine rings is 1. The van der Waals surface area contributed by atoms with Gasteiger partial charge in [-0.3, -0.25) is 14.6 Å². The molecule has 1 saturated carbocycles. The van der Waals surface area contributed by atoms with Crippen LogP contribution in [0.2, 0.25) is 0 Å². The minimum atomic E-state index is -0.668. The normalized spacial score (nSPS) is 22.2. The van der Waals surface area contributed by atoms with Gasteiger partial charge < -0.3 is 10.1 Å². The Morgan fingerprint density at radius 2 is 2.10 bits per heavy atom. The molecule has 1 amide bonds. The Hall–Kier alpha value is -1.98. The fourth-order valence-corrected chi connectivity index (χ4v) is 2.72. The van der Waals surface area contributed by atoms with E-state index < -0.39 is 11.7 Å². The van der Waals surface area contributed by atoms with Crippen molar-refractivity contribution in [1.29, 1.82) is 0 Å². The Bertz CT molecular complexity index is 521. The molecule has 5 nitrogen and oxygen atoms in total. The Morgan fingerprint density at radius 1 is 1.33 bits per heavy atom. The molecule has 114 valence electrons. The van der Waals surface area contributed by atoms with Crippen molar-refractivity contribution >= 4 is 11.9 Å². The first-order valence-electron chi connectivity index (χ1n) is 7.11. The molecule has 6 heteroatoms. The summed E-state index contributed by atoms with van der Waals surface area (Å²) < 4.78 is 18.4. The number of ether oxygens (including phenoxy) is 1. The van der Waals surface area contributed by atoms with Gasteiger partial charge in [-0.1, -0.05) is 19.3 Å². The van der Waals surface area contributed by atoms with Gasteiger partial charge in [-0.25, -0.2) is 4.39 Å². The van der Waals surface area contributed by atoms with E-state index in [1.165, 1.54) is 19.4 Å². The molecule has 21 heavy (non-hydrogen) atoms. The predicted octanol–water partition coefficient (Wildman–Crippen LogP) is 2.07. The first-order chi connectivity index (χ1) is 10.1. The zero-order valence-corrected chi connectivity index (χ0v) is 12.0. The van der Waals surface area contributed by atoms with Crippen LogP contribution in [-0.2, 0) is 9.53 Å². The number of carbonyl (C=O) groups excluding carboxylic acids is 2. The van der Waals surface area contributed by atoms with Crippen LogP contribution >= 0.6 is 0 Å². The molecule has 0 saturated heterocycles. The van der Waals surface area contributed by atoms with Crippen molar-refractivity contribution in [2.24, 2.45) is 5.92 Å². The van der Waals surface area contributed by atoms with Gasteiger partial charge in [-0.2, -0.15) is 0 Å². The first kappa shape index (κ1) is 15.4. The molecule has 2 atom stereocenters. The van der Waals surface area contributed by atoms with Crippen molar-refractivity contribution < 1.29 is 18.7 Å². The first-order valence-corrected chi connectivity index (χ1v) is 7.11. The number of carbonyl (C=O) groups is 2. The van der Waals surface area contributed by atoms with E-state index in [-0.39, 0.29) is 23.5 Å². The number of rotatable bonds is 3. The second kappa shape index (κ2) is 7.15. The fraction of sp³-hybridized carbons (Fsp3) is 0.533. The van der Waals surface area contributed by atoms with E-state index >= 15 is 0 Å². The highest BCUT2D eigenvalue weighted by Gasteiger charge is 2.32. The molecule has 2 rings (SSSR count).